The fraction of sp³-hybridized carbons (Fsp3) is 0.133. The van der Waals surface area contributed by atoms with E-state index in [4.69, 9.17) is 4.74 Å². The molecule has 0 saturated heterocycles. The molecule has 2 aromatic rings. The topological polar surface area (TPSA) is 26.3 Å². The zero-order chi connectivity index (χ0) is 13.0. The van der Waals surface area contributed by atoms with Crippen LogP contribution in [-0.2, 0) is 0 Å². The van der Waals surface area contributed by atoms with E-state index in [0.29, 0.717) is 17.7 Å². The van der Waals surface area contributed by atoms with Gasteiger partial charge in [0.1, 0.15) is 5.75 Å². The monoisotopic (exact) mass is 304 g/mol. The molecule has 2 rings (SSSR count). The summed E-state index contributed by atoms with van der Waals surface area (Å²) >= 11 is 3.39. The van der Waals surface area contributed by atoms with Gasteiger partial charge in [0.15, 0.2) is 5.78 Å². The second kappa shape index (κ2) is 5.83. The van der Waals surface area contributed by atoms with Gasteiger partial charge in [-0.3, -0.25) is 4.79 Å². The highest BCUT2D eigenvalue weighted by Crippen LogP contribution is 2.21. The number of benzene rings is 2. The molecule has 0 N–H and O–H groups in total. The number of rotatable bonds is 4. The maximum absolute atomic E-state index is 12.3. The van der Waals surface area contributed by atoms with E-state index in [-0.39, 0.29) is 5.78 Å². The molecule has 2 nitrogen and oxygen atoms in total. The van der Waals surface area contributed by atoms with Crippen molar-refractivity contribution in [3.05, 3.63) is 64.1 Å². The molecule has 0 spiro atoms. The molecule has 0 amide bonds. The standard InChI is InChI=1S/C15H13BrO2/c1-2-18-12-9-7-11(8-10-12)15(17)13-5-3-4-6-14(13)16/h3-10H,2H2,1H3. The Bertz CT molecular complexity index is 547. The predicted octanol–water partition coefficient (Wildman–Crippen LogP) is 4.08. The molecule has 0 aromatic heterocycles. The van der Waals surface area contributed by atoms with Crippen molar-refractivity contribution in [1.29, 1.82) is 0 Å². The highest BCUT2D eigenvalue weighted by atomic mass is 79.9. The van der Waals surface area contributed by atoms with Crippen LogP contribution in [-0.4, -0.2) is 12.4 Å². The smallest absolute Gasteiger partial charge is 0.194 e. The third kappa shape index (κ3) is 2.79. The molecule has 0 aliphatic carbocycles. The van der Waals surface area contributed by atoms with E-state index in [0.717, 1.165) is 10.2 Å². The number of carbonyl (C=O) groups excluding carboxylic acids is 1. The lowest BCUT2D eigenvalue weighted by atomic mass is 10.0. The number of hydrogen-bond acceptors (Lipinski definition) is 2. The van der Waals surface area contributed by atoms with Crippen molar-refractivity contribution in [1.82, 2.24) is 0 Å². The van der Waals surface area contributed by atoms with Gasteiger partial charge in [0.05, 0.1) is 6.61 Å². The first-order valence-electron chi connectivity index (χ1n) is 5.74. The summed E-state index contributed by atoms with van der Waals surface area (Å²) < 4.78 is 6.16. The lowest BCUT2D eigenvalue weighted by Gasteiger charge is -2.05. The van der Waals surface area contributed by atoms with Gasteiger partial charge >= 0.3 is 0 Å². The largest absolute Gasteiger partial charge is 0.494 e. The quantitative estimate of drug-likeness (QED) is 0.796. The molecule has 0 bridgehead atoms. The van der Waals surface area contributed by atoms with Crippen molar-refractivity contribution in [2.45, 2.75) is 6.92 Å². The summed E-state index contributed by atoms with van der Waals surface area (Å²) in [5, 5.41) is 0. The third-order valence-electron chi connectivity index (χ3n) is 2.55. The molecule has 0 unspecified atom stereocenters. The zero-order valence-electron chi connectivity index (χ0n) is 10.0. The minimum absolute atomic E-state index is 0.00511. The van der Waals surface area contributed by atoms with Crippen LogP contribution in [0.5, 0.6) is 5.75 Å². The summed E-state index contributed by atoms with van der Waals surface area (Å²) in [6.07, 6.45) is 0. The summed E-state index contributed by atoms with van der Waals surface area (Å²) in [6.45, 7) is 2.55. The Hall–Kier alpha value is -1.61. The van der Waals surface area contributed by atoms with Crippen molar-refractivity contribution in [3.63, 3.8) is 0 Å². The minimum Gasteiger partial charge on any atom is -0.494 e. The Morgan fingerprint density at radius 1 is 1.11 bits per heavy atom. The van der Waals surface area contributed by atoms with Crippen LogP contribution >= 0.6 is 15.9 Å². The van der Waals surface area contributed by atoms with Crippen molar-refractivity contribution < 1.29 is 9.53 Å². The Labute approximate surface area is 115 Å². The first-order chi connectivity index (χ1) is 8.72. The fourth-order valence-electron chi connectivity index (χ4n) is 1.67. The fourth-order valence-corrected chi connectivity index (χ4v) is 2.13. The first-order valence-corrected chi connectivity index (χ1v) is 6.53. The predicted molar refractivity (Wildman–Crippen MR) is 75.2 cm³/mol. The SMILES string of the molecule is CCOc1ccc(C(=O)c2ccccc2Br)cc1. The van der Waals surface area contributed by atoms with Gasteiger partial charge in [-0.2, -0.15) is 0 Å². The molecule has 2 aromatic carbocycles. The molecule has 92 valence electrons. The van der Waals surface area contributed by atoms with Crippen LogP contribution < -0.4 is 4.74 Å². The number of hydrogen-bond donors (Lipinski definition) is 0. The summed E-state index contributed by atoms with van der Waals surface area (Å²) in [4.78, 5) is 12.3. The van der Waals surface area contributed by atoms with Crippen LogP contribution in [0.4, 0.5) is 0 Å². The van der Waals surface area contributed by atoms with Gasteiger partial charge in [-0.1, -0.05) is 28.1 Å². The number of carbonyl (C=O) groups is 1. The molecule has 0 fully saturated rings. The van der Waals surface area contributed by atoms with Crippen molar-refractivity contribution >= 4 is 21.7 Å². The van der Waals surface area contributed by atoms with Gasteiger partial charge < -0.3 is 4.74 Å². The first kappa shape index (κ1) is 12.8. The Kier molecular flexibility index (Phi) is 4.15. The van der Waals surface area contributed by atoms with Gasteiger partial charge in [-0.15, -0.1) is 0 Å². The molecule has 0 aliphatic heterocycles. The van der Waals surface area contributed by atoms with Crippen molar-refractivity contribution in [2.75, 3.05) is 6.61 Å². The van der Waals surface area contributed by atoms with E-state index in [1.165, 1.54) is 0 Å². The van der Waals surface area contributed by atoms with E-state index in [1.807, 2.05) is 43.3 Å². The van der Waals surface area contributed by atoms with Crippen molar-refractivity contribution in [2.24, 2.45) is 0 Å². The van der Waals surface area contributed by atoms with Gasteiger partial charge in [0.2, 0.25) is 0 Å². The number of ether oxygens (including phenoxy) is 1. The molecular formula is C15H13BrO2. The van der Waals surface area contributed by atoms with E-state index in [9.17, 15) is 4.79 Å². The Morgan fingerprint density at radius 3 is 2.39 bits per heavy atom. The van der Waals surface area contributed by atoms with Crippen LogP contribution in [0.1, 0.15) is 22.8 Å². The van der Waals surface area contributed by atoms with Crippen LogP contribution in [0.15, 0.2) is 53.0 Å². The van der Waals surface area contributed by atoms with Gasteiger partial charge in [0.25, 0.3) is 0 Å². The van der Waals surface area contributed by atoms with Crippen LogP contribution in [0.3, 0.4) is 0 Å². The molecule has 18 heavy (non-hydrogen) atoms. The Morgan fingerprint density at radius 2 is 1.78 bits per heavy atom. The Balaban J connectivity index is 2.27. The number of halogens is 1. The summed E-state index contributed by atoms with van der Waals surface area (Å²) in [5.74, 6) is 0.784. The molecule has 0 heterocycles. The van der Waals surface area contributed by atoms with Gasteiger partial charge in [-0.05, 0) is 43.3 Å². The molecular weight excluding hydrogens is 292 g/mol. The summed E-state index contributed by atoms with van der Waals surface area (Å²) in [5.41, 5.74) is 1.33. The molecule has 0 saturated carbocycles. The van der Waals surface area contributed by atoms with Gasteiger partial charge in [-0.25, -0.2) is 0 Å². The average molecular weight is 305 g/mol. The molecule has 0 aliphatic rings. The molecule has 0 radical (unpaired) electrons. The minimum atomic E-state index is 0.00511. The third-order valence-corrected chi connectivity index (χ3v) is 3.24. The average Bonchev–Trinajstić information content (AvgIpc) is 2.40. The lowest BCUT2D eigenvalue weighted by Crippen LogP contribution is -2.02. The zero-order valence-corrected chi connectivity index (χ0v) is 11.6. The van der Waals surface area contributed by atoms with E-state index in [2.05, 4.69) is 15.9 Å². The maximum Gasteiger partial charge on any atom is 0.194 e. The second-order valence-electron chi connectivity index (χ2n) is 3.77. The summed E-state index contributed by atoms with van der Waals surface area (Å²) in [7, 11) is 0. The van der Waals surface area contributed by atoms with E-state index < -0.39 is 0 Å². The highest BCUT2D eigenvalue weighted by molar-refractivity contribution is 9.10. The van der Waals surface area contributed by atoms with E-state index >= 15 is 0 Å². The summed E-state index contributed by atoms with van der Waals surface area (Å²) in [6, 6.07) is 14.6. The maximum atomic E-state index is 12.3. The lowest BCUT2D eigenvalue weighted by molar-refractivity contribution is 0.103. The van der Waals surface area contributed by atoms with Crippen LogP contribution in [0.2, 0.25) is 0 Å². The van der Waals surface area contributed by atoms with Crippen LogP contribution in [0, 0.1) is 0 Å². The number of ketones is 1. The van der Waals surface area contributed by atoms with E-state index in [1.54, 1.807) is 12.1 Å². The normalized spacial score (nSPS) is 10.1. The molecule has 0 atom stereocenters. The van der Waals surface area contributed by atoms with Crippen LogP contribution in [0.25, 0.3) is 0 Å². The van der Waals surface area contributed by atoms with Crippen molar-refractivity contribution in [3.8, 4) is 5.75 Å². The highest BCUT2D eigenvalue weighted by Gasteiger charge is 2.11. The second-order valence-corrected chi connectivity index (χ2v) is 4.62. The molecule has 3 heteroatoms. The van der Waals surface area contributed by atoms with Gasteiger partial charge in [0, 0.05) is 15.6 Å².